The summed E-state index contributed by atoms with van der Waals surface area (Å²) in [4.78, 5) is 0. The Labute approximate surface area is 58.8 Å². The van der Waals surface area contributed by atoms with Gasteiger partial charge in [0.2, 0.25) is 0 Å². The van der Waals surface area contributed by atoms with Crippen molar-refractivity contribution in [2.75, 3.05) is 0 Å². The van der Waals surface area contributed by atoms with Crippen LogP contribution in [-0.2, 0) is 0 Å². The lowest BCUT2D eigenvalue weighted by molar-refractivity contribution is -0.170. The molecule has 0 fully saturated rings. The molecule has 1 atom stereocenters. The van der Waals surface area contributed by atoms with Gasteiger partial charge in [-0.15, -0.1) is 12.4 Å². The second-order valence-electron chi connectivity index (χ2n) is 1.85. The molecule has 0 aromatic heterocycles. The summed E-state index contributed by atoms with van der Waals surface area (Å²) in [5, 5.41) is 0. The highest BCUT2D eigenvalue weighted by Crippen LogP contribution is 2.27. The molecule has 0 aromatic rings. The largest absolute Gasteiger partial charge is 0.391 e. The molecule has 0 spiro atoms. The molecule has 1 unspecified atom stereocenters. The van der Waals surface area contributed by atoms with Gasteiger partial charge in [0.15, 0.2) is 0 Å². The van der Waals surface area contributed by atoms with E-state index in [1.807, 2.05) is 0 Å². The molecule has 0 aliphatic rings. The van der Waals surface area contributed by atoms with Crippen LogP contribution in [-0.4, -0.2) is 6.18 Å². The Morgan fingerprint density at radius 2 is 1.67 bits per heavy atom. The Morgan fingerprint density at radius 1 is 1.33 bits per heavy atom. The third kappa shape index (κ3) is 4.58. The van der Waals surface area contributed by atoms with E-state index in [4.69, 9.17) is 0 Å². The van der Waals surface area contributed by atoms with Crippen LogP contribution in [0.4, 0.5) is 13.2 Å². The fraction of sp³-hybridized carbons (Fsp3) is 1.00. The van der Waals surface area contributed by atoms with E-state index >= 15 is 0 Å². The van der Waals surface area contributed by atoms with E-state index in [-0.39, 0.29) is 18.8 Å². The second kappa shape index (κ2) is 3.99. The third-order valence-corrected chi connectivity index (χ3v) is 1.17. The van der Waals surface area contributed by atoms with Gasteiger partial charge in [0, 0.05) is 0 Å². The smallest absolute Gasteiger partial charge is 0.171 e. The molecule has 9 heavy (non-hydrogen) atoms. The average molecular weight is 163 g/mol. The minimum Gasteiger partial charge on any atom is -0.171 e. The van der Waals surface area contributed by atoms with Crippen LogP contribution >= 0.6 is 12.4 Å². The van der Waals surface area contributed by atoms with Crippen molar-refractivity contribution in [3.63, 3.8) is 0 Å². The number of hydrogen-bond donors (Lipinski definition) is 0. The van der Waals surface area contributed by atoms with Gasteiger partial charge in [0.05, 0.1) is 5.92 Å². The van der Waals surface area contributed by atoms with Crippen LogP contribution in [0.2, 0.25) is 0 Å². The SMILES string of the molecule is CCC(C)C(F)(F)F.Cl. The van der Waals surface area contributed by atoms with Gasteiger partial charge < -0.3 is 0 Å². The summed E-state index contributed by atoms with van der Waals surface area (Å²) in [5.41, 5.74) is 0. The molecular formula is C5H10ClF3. The molecule has 0 saturated carbocycles. The number of rotatable bonds is 1. The minimum absolute atomic E-state index is 0. The van der Waals surface area contributed by atoms with Crippen LogP contribution in [0.1, 0.15) is 20.3 Å². The molecule has 0 amide bonds. The number of halogens is 4. The summed E-state index contributed by atoms with van der Waals surface area (Å²) < 4.78 is 34.3. The highest BCUT2D eigenvalue weighted by atomic mass is 35.5. The van der Waals surface area contributed by atoms with E-state index in [2.05, 4.69) is 0 Å². The Kier molecular flexibility index (Phi) is 5.24. The predicted molar refractivity (Wildman–Crippen MR) is 32.8 cm³/mol. The van der Waals surface area contributed by atoms with Crippen LogP contribution < -0.4 is 0 Å². The lowest BCUT2D eigenvalue weighted by atomic mass is 10.1. The van der Waals surface area contributed by atoms with Crippen molar-refractivity contribution in [2.45, 2.75) is 26.4 Å². The first kappa shape index (κ1) is 11.8. The van der Waals surface area contributed by atoms with Crippen molar-refractivity contribution in [3.05, 3.63) is 0 Å². The third-order valence-electron chi connectivity index (χ3n) is 1.17. The summed E-state index contributed by atoms with van der Waals surface area (Å²) >= 11 is 0. The lowest BCUT2D eigenvalue weighted by Crippen LogP contribution is -2.18. The normalized spacial score (nSPS) is 14.3. The van der Waals surface area contributed by atoms with Crippen molar-refractivity contribution >= 4 is 12.4 Å². The quantitative estimate of drug-likeness (QED) is 0.556. The zero-order valence-electron chi connectivity index (χ0n) is 5.33. The molecule has 0 bridgehead atoms. The van der Waals surface area contributed by atoms with E-state index in [1.54, 1.807) is 0 Å². The second-order valence-corrected chi connectivity index (χ2v) is 1.85. The Hall–Kier alpha value is 0.0800. The summed E-state index contributed by atoms with van der Waals surface area (Å²) in [5.74, 6) is -1.15. The Balaban J connectivity index is 0. The van der Waals surface area contributed by atoms with Gasteiger partial charge in [-0.1, -0.05) is 13.8 Å². The topological polar surface area (TPSA) is 0 Å². The maximum Gasteiger partial charge on any atom is 0.391 e. The first-order chi connectivity index (χ1) is 3.48. The summed E-state index contributed by atoms with van der Waals surface area (Å²) in [6.07, 6.45) is -3.82. The maximum absolute atomic E-state index is 11.4. The zero-order chi connectivity index (χ0) is 6.78. The maximum atomic E-state index is 11.4. The van der Waals surface area contributed by atoms with Crippen LogP contribution in [0.3, 0.4) is 0 Å². The van der Waals surface area contributed by atoms with Gasteiger partial charge in [0.1, 0.15) is 0 Å². The molecule has 0 aromatic carbocycles. The number of hydrogen-bond acceptors (Lipinski definition) is 0. The van der Waals surface area contributed by atoms with E-state index in [9.17, 15) is 13.2 Å². The van der Waals surface area contributed by atoms with Crippen molar-refractivity contribution in [2.24, 2.45) is 5.92 Å². The molecule has 4 heteroatoms. The molecule has 0 aliphatic heterocycles. The van der Waals surface area contributed by atoms with Gasteiger partial charge in [-0.05, 0) is 6.42 Å². The first-order valence-corrected chi connectivity index (χ1v) is 2.55. The van der Waals surface area contributed by atoms with Gasteiger partial charge >= 0.3 is 6.18 Å². The van der Waals surface area contributed by atoms with Gasteiger partial charge in [-0.25, -0.2) is 0 Å². The summed E-state index contributed by atoms with van der Waals surface area (Å²) in [6, 6.07) is 0. The van der Waals surface area contributed by atoms with Gasteiger partial charge in [-0.2, -0.15) is 13.2 Å². The first-order valence-electron chi connectivity index (χ1n) is 2.55. The van der Waals surface area contributed by atoms with Crippen molar-refractivity contribution < 1.29 is 13.2 Å². The van der Waals surface area contributed by atoms with Crippen molar-refractivity contribution in [3.8, 4) is 0 Å². The molecule has 0 heterocycles. The fourth-order valence-electron chi connectivity index (χ4n) is 0.231. The number of alkyl halides is 3. The zero-order valence-corrected chi connectivity index (χ0v) is 6.14. The standard InChI is InChI=1S/C5H9F3.ClH/c1-3-4(2)5(6,7)8;/h4H,3H2,1-2H3;1H. The monoisotopic (exact) mass is 162 g/mol. The van der Waals surface area contributed by atoms with Crippen molar-refractivity contribution in [1.29, 1.82) is 0 Å². The highest BCUT2D eigenvalue weighted by molar-refractivity contribution is 5.85. The van der Waals surface area contributed by atoms with Crippen LogP contribution in [0.25, 0.3) is 0 Å². The van der Waals surface area contributed by atoms with Crippen LogP contribution in [0.15, 0.2) is 0 Å². The van der Waals surface area contributed by atoms with E-state index in [0.717, 1.165) is 0 Å². The fourth-order valence-corrected chi connectivity index (χ4v) is 0.231. The molecule has 0 N–H and O–H groups in total. The molecule has 0 radical (unpaired) electrons. The highest BCUT2D eigenvalue weighted by Gasteiger charge is 2.33. The molecule has 0 aliphatic carbocycles. The minimum atomic E-state index is -3.99. The molecule has 0 nitrogen and oxygen atoms in total. The summed E-state index contributed by atoms with van der Waals surface area (Å²) in [7, 11) is 0. The van der Waals surface area contributed by atoms with E-state index in [0.29, 0.717) is 0 Å². The van der Waals surface area contributed by atoms with Crippen LogP contribution in [0.5, 0.6) is 0 Å². The van der Waals surface area contributed by atoms with Crippen molar-refractivity contribution in [1.82, 2.24) is 0 Å². The summed E-state index contributed by atoms with van der Waals surface area (Å²) in [6.45, 7) is 2.71. The molecule has 58 valence electrons. The lowest BCUT2D eigenvalue weighted by Gasteiger charge is -2.11. The molecular weight excluding hydrogens is 153 g/mol. The van der Waals surface area contributed by atoms with Gasteiger partial charge in [0.25, 0.3) is 0 Å². The molecule has 0 saturated heterocycles. The van der Waals surface area contributed by atoms with Gasteiger partial charge in [-0.3, -0.25) is 0 Å². The van der Waals surface area contributed by atoms with E-state index < -0.39 is 12.1 Å². The van der Waals surface area contributed by atoms with E-state index in [1.165, 1.54) is 13.8 Å². The van der Waals surface area contributed by atoms with Crippen LogP contribution in [0, 0.1) is 5.92 Å². The molecule has 0 rings (SSSR count). The Bertz CT molecular complexity index is 69.1. The average Bonchev–Trinajstić information content (AvgIpc) is 1.62. The predicted octanol–water partition coefficient (Wildman–Crippen LogP) is 3.02. The Morgan fingerprint density at radius 3 is 1.67 bits per heavy atom.